The van der Waals surface area contributed by atoms with Crippen LogP contribution in [0.2, 0.25) is 0 Å². The van der Waals surface area contributed by atoms with Crippen LogP contribution < -0.4 is 0 Å². The van der Waals surface area contributed by atoms with E-state index in [1.807, 2.05) is 0 Å². The van der Waals surface area contributed by atoms with E-state index in [1.54, 1.807) is 0 Å². The van der Waals surface area contributed by atoms with Crippen LogP contribution >= 0.6 is 0 Å². The van der Waals surface area contributed by atoms with Gasteiger partial charge in [-0.05, 0) is 0 Å². The van der Waals surface area contributed by atoms with Gasteiger partial charge in [-0.25, -0.2) is 0 Å². The van der Waals surface area contributed by atoms with Crippen LogP contribution in [-0.2, 0) is 14.2 Å². The first-order chi connectivity index (χ1) is 6.61. The van der Waals surface area contributed by atoms with Crippen molar-refractivity contribution < 1.29 is 29.5 Å². The number of methoxy groups -OCH3 is 2. The number of aliphatic hydroxyl groups is 3. The molecule has 1 aliphatic heterocycles. The molecule has 14 heavy (non-hydrogen) atoms. The second-order valence-corrected chi connectivity index (χ2v) is 3.19. The predicted molar refractivity (Wildman–Crippen MR) is 45.6 cm³/mol. The molecule has 1 fully saturated rings. The molecule has 0 amide bonds. The van der Waals surface area contributed by atoms with Crippen molar-refractivity contribution in [3.8, 4) is 0 Å². The van der Waals surface area contributed by atoms with Gasteiger partial charge in [0.2, 0.25) is 0 Å². The monoisotopic (exact) mass is 208 g/mol. The second kappa shape index (κ2) is 5.01. The van der Waals surface area contributed by atoms with Crippen LogP contribution in [0, 0.1) is 0 Å². The van der Waals surface area contributed by atoms with E-state index in [4.69, 9.17) is 14.2 Å². The third kappa shape index (κ3) is 2.22. The lowest BCUT2D eigenvalue weighted by Crippen LogP contribution is -2.46. The van der Waals surface area contributed by atoms with E-state index in [0.29, 0.717) is 0 Å². The normalized spacial score (nSPS) is 35.1. The van der Waals surface area contributed by atoms with E-state index in [0.717, 1.165) is 0 Å². The van der Waals surface area contributed by atoms with Gasteiger partial charge in [0.05, 0.1) is 6.61 Å². The van der Waals surface area contributed by atoms with Gasteiger partial charge in [-0.3, -0.25) is 0 Å². The van der Waals surface area contributed by atoms with Gasteiger partial charge < -0.3 is 29.5 Å². The molecule has 0 bridgehead atoms. The summed E-state index contributed by atoms with van der Waals surface area (Å²) in [7, 11) is 2.74. The summed E-state index contributed by atoms with van der Waals surface area (Å²) in [6, 6.07) is 0. The molecule has 1 heterocycles. The van der Waals surface area contributed by atoms with Crippen molar-refractivity contribution in [3.63, 3.8) is 0 Å². The van der Waals surface area contributed by atoms with E-state index in [-0.39, 0.29) is 6.61 Å². The minimum Gasteiger partial charge on any atom is -0.388 e. The molecule has 0 aromatic heterocycles. The molecule has 0 aromatic rings. The van der Waals surface area contributed by atoms with Crippen molar-refractivity contribution in [2.75, 3.05) is 20.8 Å². The molecule has 6 heteroatoms. The van der Waals surface area contributed by atoms with Crippen molar-refractivity contribution >= 4 is 0 Å². The number of aliphatic hydroxyl groups excluding tert-OH is 3. The van der Waals surface area contributed by atoms with E-state index in [1.165, 1.54) is 14.2 Å². The van der Waals surface area contributed by atoms with Crippen molar-refractivity contribution in [1.29, 1.82) is 0 Å². The number of hydrogen-bond acceptors (Lipinski definition) is 6. The van der Waals surface area contributed by atoms with Gasteiger partial charge in [0.1, 0.15) is 24.4 Å². The van der Waals surface area contributed by atoms with Gasteiger partial charge in [0, 0.05) is 14.2 Å². The highest BCUT2D eigenvalue weighted by atomic mass is 16.7. The van der Waals surface area contributed by atoms with Gasteiger partial charge in [0.25, 0.3) is 0 Å². The van der Waals surface area contributed by atoms with Crippen LogP contribution in [0.3, 0.4) is 0 Å². The Bertz CT molecular complexity index is 171. The maximum absolute atomic E-state index is 9.65. The predicted octanol–water partition coefficient (Wildman–Crippen LogP) is -1.91. The van der Waals surface area contributed by atoms with Crippen molar-refractivity contribution in [2.45, 2.75) is 30.7 Å². The summed E-state index contributed by atoms with van der Waals surface area (Å²) in [5, 5.41) is 28.2. The smallest absolute Gasteiger partial charge is 0.185 e. The first kappa shape index (κ1) is 11.8. The number of ether oxygens (including phenoxy) is 3. The molecule has 0 radical (unpaired) electrons. The second-order valence-electron chi connectivity index (χ2n) is 3.19. The van der Waals surface area contributed by atoms with Crippen molar-refractivity contribution in [2.24, 2.45) is 0 Å². The first-order valence-corrected chi connectivity index (χ1v) is 4.33. The number of hydrogen-bond donors (Lipinski definition) is 3. The molecule has 6 nitrogen and oxygen atoms in total. The Labute approximate surface area is 82.0 Å². The Morgan fingerprint density at radius 1 is 1.29 bits per heavy atom. The van der Waals surface area contributed by atoms with Crippen LogP contribution in [-0.4, -0.2) is 66.9 Å². The van der Waals surface area contributed by atoms with Gasteiger partial charge in [0.15, 0.2) is 6.29 Å². The van der Waals surface area contributed by atoms with Crippen LogP contribution in [0.25, 0.3) is 0 Å². The molecule has 0 aliphatic carbocycles. The molecule has 4 atom stereocenters. The molecule has 0 saturated carbocycles. The van der Waals surface area contributed by atoms with E-state index in [9.17, 15) is 15.3 Å². The third-order valence-electron chi connectivity index (χ3n) is 2.27. The molecule has 0 unspecified atom stereocenters. The summed E-state index contributed by atoms with van der Waals surface area (Å²) in [6.45, 7) is 0.00302. The molecule has 0 spiro atoms. The average molecular weight is 208 g/mol. The Balaban J connectivity index is 2.55. The molecule has 1 aliphatic rings. The van der Waals surface area contributed by atoms with Gasteiger partial charge in [-0.1, -0.05) is 0 Å². The zero-order chi connectivity index (χ0) is 10.7. The summed E-state index contributed by atoms with van der Waals surface area (Å²) in [6.07, 6.45) is -4.96. The minimum absolute atomic E-state index is 0.00302. The van der Waals surface area contributed by atoms with Crippen molar-refractivity contribution in [3.05, 3.63) is 0 Å². The Morgan fingerprint density at radius 2 is 1.86 bits per heavy atom. The SMILES string of the molecule is COC(OC)[C@@H](O)[C@@H]1OC[C@@H](O)[C@@H]1O. The Morgan fingerprint density at radius 3 is 2.21 bits per heavy atom. The topological polar surface area (TPSA) is 88.4 Å². The maximum Gasteiger partial charge on any atom is 0.185 e. The highest BCUT2D eigenvalue weighted by Crippen LogP contribution is 2.20. The molecule has 3 N–H and O–H groups in total. The first-order valence-electron chi connectivity index (χ1n) is 4.33. The molecular formula is C8H16O6. The zero-order valence-corrected chi connectivity index (χ0v) is 8.16. The summed E-state index contributed by atoms with van der Waals surface area (Å²) < 4.78 is 14.6. The van der Waals surface area contributed by atoms with Crippen LogP contribution in [0.1, 0.15) is 0 Å². The minimum atomic E-state index is -1.13. The van der Waals surface area contributed by atoms with Gasteiger partial charge in [-0.15, -0.1) is 0 Å². The zero-order valence-electron chi connectivity index (χ0n) is 8.16. The molecule has 1 rings (SSSR count). The lowest BCUT2D eigenvalue weighted by Gasteiger charge is -2.26. The molecule has 84 valence electrons. The molecular weight excluding hydrogens is 192 g/mol. The highest BCUT2D eigenvalue weighted by molar-refractivity contribution is 4.89. The molecule has 1 saturated heterocycles. The van der Waals surface area contributed by atoms with Crippen LogP contribution in [0.15, 0.2) is 0 Å². The third-order valence-corrected chi connectivity index (χ3v) is 2.27. The fourth-order valence-electron chi connectivity index (χ4n) is 1.46. The van der Waals surface area contributed by atoms with Gasteiger partial charge in [-0.2, -0.15) is 0 Å². The quantitative estimate of drug-likeness (QED) is 0.467. The lowest BCUT2D eigenvalue weighted by molar-refractivity contribution is -0.201. The van der Waals surface area contributed by atoms with Gasteiger partial charge >= 0.3 is 0 Å². The fourth-order valence-corrected chi connectivity index (χ4v) is 1.46. The van der Waals surface area contributed by atoms with Crippen LogP contribution in [0.4, 0.5) is 0 Å². The van der Waals surface area contributed by atoms with E-state index < -0.39 is 30.7 Å². The lowest BCUT2D eigenvalue weighted by atomic mass is 10.1. The summed E-state index contributed by atoms with van der Waals surface area (Å²) >= 11 is 0. The fraction of sp³-hybridized carbons (Fsp3) is 1.00. The Hall–Kier alpha value is -0.240. The average Bonchev–Trinajstić information content (AvgIpc) is 2.49. The summed E-state index contributed by atoms with van der Waals surface area (Å²) in [4.78, 5) is 0. The standard InChI is InChI=1S/C8H16O6/c1-12-8(13-2)6(11)7-5(10)4(9)3-14-7/h4-11H,3H2,1-2H3/t4-,5+,6+,7-/m1/s1. The molecule has 0 aromatic carbocycles. The maximum atomic E-state index is 9.65. The van der Waals surface area contributed by atoms with Crippen LogP contribution in [0.5, 0.6) is 0 Å². The Kier molecular flexibility index (Phi) is 4.24. The van der Waals surface area contributed by atoms with E-state index >= 15 is 0 Å². The largest absolute Gasteiger partial charge is 0.388 e. The van der Waals surface area contributed by atoms with Crippen molar-refractivity contribution in [1.82, 2.24) is 0 Å². The summed E-state index contributed by atoms with van der Waals surface area (Å²) in [5.41, 5.74) is 0. The van der Waals surface area contributed by atoms with E-state index in [2.05, 4.69) is 0 Å². The number of rotatable bonds is 4. The summed E-state index contributed by atoms with van der Waals surface area (Å²) in [5.74, 6) is 0. The highest BCUT2D eigenvalue weighted by Gasteiger charge is 2.42.